The first-order chi connectivity index (χ1) is 28.2. The zero-order chi connectivity index (χ0) is 42.2. The van der Waals surface area contributed by atoms with Gasteiger partial charge in [0.25, 0.3) is 0 Å². The molecule has 342 valence electrons. The van der Waals surface area contributed by atoms with Gasteiger partial charge in [-0.15, -0.1) is 0 Å². The molecule has 2 saturated heterocycles. The number of phosphoric acid groups is 2. The molecule has 2 aliphatic heterocycles. The van der Waals surface area contributed by atoms with E-state index in [0.717, 1.165) is 87.2 Å². The predicted octanol–water partition coefficient (Wildman–Crippen LogP) is 10.5. The van der Waals surface area contributed by atoms with Crippen molar-refractivity contribution in [2.75, 3.05) is 75.9 Å². The van der Waals surface area contributed by atoms with Crippen molar-refractivity contribution in [1.82, 2.24) is 0 Å². The summed E-state index contributed by atoms with van der Waals surface area (Å²) in [7, 11) is -6.82. The van der Waals surface area contributed by atoms with Crippen LogP contribution in [-0.2, 0) is 64.8 Å². The van der Waals surface area contributed by atoms with Crippen LogP contribution < -0.4 is 0 Å². The van der Waals surface area contributed by atoms with E-state index in [-0.39, 0.29) is 25.2 Å². The Labute approximate surface area is 358 Å². The van der Waals surface area contributed by atoms with Crippen molar-refractivity contribution in [3.63, 3.8) is 0 Å². The summed E-state index contributed by atoms with van der Waals surface area (Å²) in [5.74, 6) is 3.15. The molecule has 2 aliphatic rings. The van der Waals surface area contributed by atoms with E-state index in [1.54, 1.807) is 51.2 Å². The van der Waals surface area contributed by atoms with Gasteiger partial charge in [-0.1, -0.05) is 77.0 Å². The van der Waals surface area contributed by atoms with Gasteiger partial charge in [-0.2, -0.15) is 23.5 Å². The van der Waals surface area contributed by atoms with Gasteiger partial charge in [0.2, 0.25) is 0 Å². The van der Waals surface area contributed by atoms with E-state index >= 15 is 0 Å². The molecule has 2 rings (SSSR count). The molecule has 14 nitrogen and oxygen atoms in total. The van der Waals surface area contributed by atoms with Crippen LogP contribution in [0.5, 0.6) is 0 Å². The third-order valence-corrected chi connectivity index (χ3v) is 14.8. The number of esters is 2. The van der Waals surface area contributed by atoms with Crippen molar-refractivity contribution in [3.05, 3.63) is 0 Å². The van der Waals surface area contributed by atoms with Crippen molar-refractivity contribution >= 4 is 51.1 Å². The molecular weight excluding hydrogens is 831 g/mol. The molecule has 0 bridgehead atoms. The lowest BCUT2D eigenvalue weighted by atomic mass is 10.1. The molecule has 0 amide bonds. The molecule has 0 aromatic carbocycles. The Morgan fingerprint density at radius 1 is 0.466 bits per heavy atom. The molecule has 0 aromatic rings. The first-order valence-corrected chi connectivity index (χ1v) is 27.3. The zero-order valence-electron chi connectivity index (χ0n) is 35.9. The fraction of sp³-hybridized carbons (Fsp3) is 0.950. The summed E-state index contributed by atoms with van der Waals surface area (Å²) in [5.41, 5.74) is 0. The number of thioether (sulfide) groups is 2. The second kappa shape index (κ2) is 34.3. The Morgan fingerprint density at radius 2 is 0.776 bits per heavy atom. The van der Waals surface area contributed by atoms with Crippen molar-refractivity contribution in [1.29, 1.82) is 0 Å². The number of carbonyl (C=O) groups is 2. The van der Waals surface area contributed by atoms with Gasteiger partial charge in [0.1, 0.15) is 12.2 Å². The molecule has 0 aliphatic carbocycles. The van der Waals surface area contributed by atoms with Crippen LogP contribution in [0.2, 0.25) is 0 Å². The first kappa shape index (κ1) is 53.9. The fourth-order valence-corrected chi connectivity index (χ4v) is 10.8. The number of carbonyl (C=O) groups excluding carboxylic acids is 2. The Morgan fingerprint density at radius 3 is 1.10 bits per heavy atom. The number of phosphoric ester groups is 2. The van der Waals surface area contributed by atoms with Crippen molar-refractivity contribution in [2.45, 2.75) is 168 Å². The summed E-state index contributed by atoms with van der Waals surface area (Å²) >= 11 is 3.58. The van der Waals surface area contributed by atoms with Crippen LogP contribution in [0.25, 0.3) is 0 Å². The van der Waals surface area contributed by atoms with Crippen LogP contribution in [0.3, 0.4) is 0 Å². The second-order valence-corrected chi connectivity index (χ2v) is 20.1. The average molecular weight is 907 g/mol. The van der Waals surface area contributed by atoms with Gasteiger partial charge in [-0.05, 0) is 64.9 Å². The third kappa shape index (κ3) is 25.0. The van der Waals surface area contributed by atoms with Crippen LogP contribution in [0.1, 0.15) is 143 Å². The smallest absolute Gasteiger partial charge is 0.457 e. The fourth-order valence-electron chi connectivity index (χ4n) is 6.63. The molecule has 0 spiro atoms. The minimum atomic E-state index is -3.41. The molecule has 18 heteroatoms. The molecule has 4 atom stereocenters. The number of unbranched alkanes of at least 4 members (excludes halogenated alkanes) is 14. The van der Waals surface area contributed by atoms with Gasteiger partial charge in [0, 0.05) is 24.3 Å². The maximum atomic E-state index is 12.5. The highest BCUT2D eigenvalue weighted by atomic mass is 32.2. The van der Waals surface area contributed by atoms with Crippen LogP contribution >= 0.6 is 39.2 Å². The summed E-state index contributed by atoms with van der Waals surface area (Å²) in [5, 5.41) is 0. The quantitative estimate of drug-likeness (QED) is 0.0324. The normalized spacial score (nSPS) is 19.4. The highest BCUT2D eigenvalue weighted by Gasteiger charge is 2.51. The number of hydrogen-bond acceptors (Lipinski definition) is 16. The van der Waals surface area contributed by atoms with Crippen LogP contribution in [0.15, 0.2) is 0 Å². The number of rotatable bonds is 40. The summed E-state index contributed by atoms with van der Waals surface area (Å²) in [6.07, 6.45) is 16.6. The van der Waals surface area contributed by atoms with Crippen LogP contribution in [0, 0.1) is 0 Å². The Balaban J connectivity index is 1.38. The van der Waals surface area contributed by atoms with Crippen molar-refractivity contribution in [3.8, 4) is 0 Å². The van der Waals surface area contributed by atoms with Crippen LogP contribution in [-0.4, -0.2) is 112 Å². The maximum absolute atomic E-state index is 12.5. The molecular formula is C40H76O14P2S2. The highest BCUT2D eigenvalue weighted by molar-refractivity contribution is 7.99. The summed E-state index contributed by atoms with van der Waals surface area (Å²) < 4.78 is 78.9. The topological polar surface area (TPSA) is 161 Å². The second-order valence-electron chi connectivity index (χ2n) is 14.3. The molecule has 0 saturated carbocycles. The summed E-state index contributed by atoms with van der Waals surface area (Å²) in [4.78, 5) is 25.1. The van der Waals surface area contributed by atoms with Crippen LogP contribution in [0.4, 0.5) is 0 Å². The SMILES string of the molecule is CCOP(=O)(OCC)OCCSCCCCCCCCCCC(=O)O[C@H]1CO[C@H]2[C@@H]1OC[C@H]2OC(=O)CCCCCCCCCCSCCOP(=O)(OCC)OCC. The summed E-state index contributed by atoms with van der Waals surface area (Å²) in [6, 6.07) is 0. The Hall–Kier alpha value is -0.220. The predicted molar refractivity (Wildman–Crippen MR) is 231 cm³/mol. The zero-order valence-corrected chi connectivity index (χ0v) is 39.4. The lowest BCUT2D eigenvalue weighted by Crippen LogP contribution is -2.35. The number of ether oxygens (including phenoxy) is 4. The van der Waals surface area contributed by atoms with Gasteiger partial charge >= 0.3 is 27.6 Å². The summed E-state index contributed by atoms with van der Waals surface area (Å²) in [6.45, 7) is 9.43. The Kier molecular flexibility index (Phi) is 31.9. The van der Waals surface area contributed by atoms with E-state index < -0.39 is 40.1 Å². The number of fused-ring (bicyclic) bond motifs is 1. The van der Waals surface area contributed by atoms with E-state index in [2.05, 4.69) is 0 Å². The van der Waals surface area contributed by atoms with E-state index in [0.29, 0.717) is 52.5 Å². The molecule has 0 aromatic heterocycles. The van der Waals surface area contributed by atoms with Crippen molar-refractivity contribution < 1.29 is 64.8 Å². The maximum Gasteiger partial charge on any atom is 0.474 e. The van der Waals surface area contributed by atoms with Gasteiger partial charge in [-0.3, -0.25) is 36.7 Å². The standard InChI is InChI=1S/C40H76O14P2S2/c1-5-47-55(43,48-6-2)51-27-31-57-29-23-19-15-11-9-13-17-21-25-37(41)53-35-33-45-40-36(34-46-39(35)40)54-38(42)26-22-18-14-10-12-16-20-24-30-58-32-28-52-56(44,49-7-3)50-8-4/h35-36,39-40H,5-34H2,1-4H3/t35-,36+,39-,40-/m1/s1. The number of hydrogen-bond donors (Lipinski definition) is 0. The Bertz CT molecular complexity index is 1050. The van der Waals surface area contributed by atoms with Gasteiger partial charge in [0.05, 0.1) is 52.9 Å². The molecule has 0 N–H and O–H groups in total. The third-order valence-electron chi connectivity index (χ3n) is 9.47. The minimum absolute atomic E-state index is 0.230. The first-order valence-electron chi connectivity index (χ1n) is 22.0. The minimum Gasteiger partial charge on any atom is -0.457 e. The van der Waals surface area contributed by atoms with Gasteiger partial charge in [0.15, 0.2) is 12.2 Å². The van der Waals surface area contributed by atoms with E-state index in [1.807, 2.05) is 0 Å². The lowest BCUT2D eigenvalue weighted by molar-refractivity contribution is -0.155. The highest BCUT2D eigenvalue weighted by Crippen LogP contribution is 2.50. The molecule has 0 unspecified atom stereocenters. The van der Waals surface area contributed by atoms with E-state index in [9.17, 15) is 18.7 Å². The molecule has 58 heavy (non-hydrogen) atoms. The molecule has 0 radical (unpaired) electrons. The largest absolute Gasteiger partial charge is 0.474 e. The van der Waals surface area contributed by atoms with Crippen molar-refractivity contribution in [2.24, 2.45) is 0 Å². The lowest BCUT2D eigenvalue weighted by Gasteiger charge is -2.17. The van der Waals surface area contributed by atoms with E-state index in [1.165, 1.54) is 38.5 Å². The average Bonchev–Trinajstić information content (AvgIpc) is 3.78. The monoisotopic (exact) mass is 906 g/mol. The van der Waals surface area contributed by atoms with E-state index in [4.69, 9.17) is 46.1 Å². The molecule has 2 fully saturated rings. The van der Waals surface area contributed by atoms with Gasteiger partial charge in [-0.25, -0.2) is 9.13 Å². The van der Waals surface area contributed by atoms with Gasteiger partial charge < -0.3 is 18.9 Å². The molecule has 2 heterocycles.